The molecular formula is C33H50F20O. The fourth-order valence-electron chi connectivity index (χ4n) is 7.30. The van der Waals surface area contributed by atoms with Crippen LogP contribution in [0, 0.1) is 27.1 Å². The summed E-state index contributed by atoms with van der Waals surface area (Å²) in [6.07, 6.45) is -17.3. The SMILES string of the molecule is C.CC12CC3(C)C(F)(F)C(C)(C1)C(F)(F)C(C)(C2(F)F)C3(F)F.CCC(C)(F)C(F)(F)OC(F)(F)C(C)(F)CC.CCC(CF)(C(F)F)C(C)(F)F.CF. The molecule has 4 rings (SSSR count). The monoisotopic (exact) mass is 842 g/mol. The lowest BCUT2D eigenvalue weighted by atomic mass is 9.31. The lowest BCUT2D eigenvalue weighted by Crippen LogP contribution is -2.91. The van der Waals surface area contributed by atoms with Crippen molar-refractivity contribution < 1.29 is 92.5 Å². The summed E-state index contributed by atoms with van der Waals surface area (Å²) in [6.45, 7) is 4.53. The molecular weight excluding hydrogens is 792 g/mol. The van der Waals surface area contributed by atoms with Crippen LogP contribution < -0.4 is 0 Å². The molecule has 4 bridgehead atoms. The van der Waals surface area contributed by atoms with Gasteiger partial charge in [-0.3, -0.25) is 13.5 Å². The van der Waals surface area contributed by atoms with E-state index in [0.29, 0.717) is 41.8 Å². The highest BCUT2D eigenvalue weighted by Crippen LogP contribution is 2.89. The molecule has 0 aromatic heterocycles. The van der Waals surface area contributed by atoms with E-state index in [2.05, 4.69) is 4.74 Å². The molecule has 0 N–H and O–H groups in total. The Labute approximate surface area is 302 Å². The van der Waals surface area contributed by atoms with Gasteiger partial charge in [-0.05, 0) is 66.7 Å². The number of rotatable bonds is 10. The summed E-state index contributed by atoms with van der Waals surface area (Å²) >= 11 is 0. The molecule has 0 aromatic rings. The lowest BCUT2D eigenvalue weighted by Gasteiger charge is -2.77. The van der Waals surface area contributed by atoms with E-state index in [1.54, 1.807) is 0 Å². The van der Waals surface area contributed by atoms with Gasteiger partial charge in [0.15, 0.2) is 16.8 Å². The van der Waals surface area contributed by atoms with Gasteiger partial charge in [0.05, 0.1) is 18.0 Å². The van der Waals surface area contributed by atoms with E-state index in [1.807, 2.05) is 0 Å². The Balaban J connectivity index is 0. The Morgan fingerprint density at radius 1 is 0.556 bits per heavy atom. The van der Waals surface area contributed by atoms with Crippen LogP contribution in [0.25, 0.3) is 0 Å². The molecule has 328 valence electrons. The second-order valence-corrected chi connectivity index (χ2v) is 15.1. The minimum absolute atomic E-state index is 0. The van der Waals surface area contributed by atoms with Crippen LogP contribution in [0.1, 0.15) is 109 Å². The molecule has 54 heavy (non-hydrogen) atoms. The first-order valence-electron chi connectivity index (χ1n) is 16.0. The zero-order chi connectivity index (χ0) is 43.5. The summed E-state index contributed by atoms with van der Waals surface area (Å²) in [5.74, 6) is -22.5. The fourth-order valence-corrected chi connectivity index (χ4v) is 7.30. The van der Waals surface area contributed by atoms with Crippen LogP contribution in [0.15, 0.2) is 0 Å². The third kappa shape index (κ3) is 6.96. The Hall–Kier alpha value is -1.44. The molecule has 1 nitrogen and oxygen atoms in total. The zero-order valence-corrected chi connectivity index (χ0v) is 30.8. The third-order valence-electron chi connectivity index (χ3n) is 11.9. The maximum atomic E-state index is 14.7. The molecule has 4 aliphatic rings. The fraction of sp³-hybridized carbons (Fsp3) is 1.00. The smallest absolute Gasteiger partial charge is 0.255 e. The number of alkyl halides is 20. The van der Waals surface area contributed by atoms with Gasteiger partial charge >= 0.3 is 12.2 Å². The van der Waals surface area contributed by atoms with E-state index in [9.17, 15) is 87.8 Å². The van der Waals surface area contributed by atoms with Crippen molar-refractivity contribution in [3.05, 3.63) is 0 Å². The molecule has 4 fully saturated rings. The molecule has 0 heterocycles. The predicted octanol–water partition coefficient (Wildman–Crippen LogP) is 14.3. The Bertz CT molecular complexity index is 1170. The van der Waals surface area contributed by atoms with Crippen LogP contribution in [-0.4, -0.2) is 73.4 Å². The molecule has 0 aromatic carbocycles. The van der Waals surface area contributed by atoms with Crippen molar-refractivity contribution >= 4 is 0 Å². The van der Waals surface area contributed by atoms with Crippen LogP contribution in [0.4, 0.5) is 87.8 Å². The largest absolute Gasteiger partial charge is 0.393 e. The van der Waals surface area contributed by atoms with Gasteiger partial charge in [0.2, 0.25) is 0 Å². The summed E-state index contributed by atoms with van der Waals surface area (Å²) in [6, 6.07) is 0. The van der Waals surface area contributed by atoms with Gasteiger partial charge in [-0.2, -0.15) is 17.6 Å². The lowest BCUT2D eigenvalue weighted by molar-refractivity contribution is -0.533. The Morgan fingerprint density at radius 2 is 0.852 bits per heavy atom. The highest BCUT2D eigenvalue weighted by molar-refractivity contribution is 5.37. The highest BCUT2D eigenvalue weighted by atomic mass is 19.3. The van der Waals surface area contributed by atoms with Crippen molar-refractivity contribution in [1.29, 1.82) is 0 Å². The number of halogens is 20. The van der Waals surface area contributed by atoms with Crippen LogP contribution in [-0.2, 0) is 4.74 Å². The van der Waals surface area contributed by atoms with Crippen LogP contribution >= 0.6 is 0 Å². The van der Waals surface area contributed by atoms with Crippen LogP contribution in [0.5, 0.6) is 0 Å². The van der Waals surface area contributed by atoms with Crippen molar-refractivity contribution in [1.82, 2.24) is 0 Å². The van der Waals surface area contributed by atoms with Crippen molar-refractivity contribution in [2.75, 3.05) is 13.9 Å². The average Bonchev–Trinajstić information content (AvgIpc) is 2.99. The van der Waals surface area contributed by atoms with Gasteiger partial charge < -0.3 is 0 Å². The highest BCUT2D eigenvalue weighted by Gasteiger charge is 3.02. The van der Waals surface area contributed by atoms with Crippen LogP contribution in [0.2, 0.25) is 0 Å². The topological polar surface area (TPSA) is 9.23 Å². The summed E-state index contributed by atoms with van der Waals surface area (Å²) < 4.78 is 270. The summed E-state index contributed by atoms with van der Waals surface area (Å²) in [5.41, 5.74) is -22.3. The van der Waals surface area contributed by atoms with E-state index < -0.39 is 125 Å². The standard InChI is InChI=1S/C14H16F8.C10H16F6O.C7H11F5.CH3F.CH4/c1-7-5-8(2)12(17,18)9(3,6-7)14(21,22)10(4,11(7,15)16)13(8,19)20;1-5-7(3,11)9(13,14)17-10(15,16)8(4,12)6-2;1-3-7(4-8,5(9)10)6(2,11)12;1-2;/h5-6H2,1-4H3;5-6H2,1-4H3;5H,3-4H2,1-2H3;1H3;1H4. The van der Waals surface area contributed by atoms with Gasteiger partial charge in [-0.1, -0.05) is 35.1 Å². The van der Waals surface area contributed by atoms with E-state index in [-0.39, 0.29) is 14.4 Å². The first-order valence-corrected chi connectivity index (χ1v) is 16.0. The molecule has 0 spiro atoms. The van der Waals surface area contributed by atoms with Gasteiger partial charge in [-0.25, -0.2) is 61.5 Å². The molecule has 5 atom stereocenters. The second-order valence-electron chi connectivity index (χ2n) is 15.1. The molecule has 0 saturated heterocycles. The minimum atomic E-state index is -4.92. The van der Waals surface area contributed by atoms with Crippen molar-refractivity contribution in [2.24, 2.45) is 27.1 Å². The molecule has 4 aliphatic carbocycles. The first kappa shape index (κ1) is 54.7. The summed E-state index contributed by atoms with van der Waals surface area (Å²) in [7, 11) is 0.500. The normalized spacial score (nSPS) is 33.6. The predicted molar refractivity (Wildman–Crippen MR) is 161 cm³/mol. The molecule has 4 saturated carbocycles. The van der Waals surface area contributed by atoms with Crippen molar-refractivity contribution in [3.63, 3.8) is 0 Å². The first-order chi connectivity index (χ1) is 23.1. The van der Waals surface area contributed by atoms with Gasteiger partial charge in [0.25, 0.3) is 36.0 Å². The number of hydrogen-bond donors (Lipinski definition) is 0. The molecule has 21 heteroatoms. The third-order valence-corrected chi connectivity index (χ3v) is 11.9. The molecule has 0 amide bonds. The van der Waals surface area contributed by atoms with E-state index >= 15 is 0 Å². The van der Waals surface area contributed by atoms with Crippen molar-refractivity contribution in [2.45, 2.75) is 168 Å². The van der Waals surface area contributed by atoms with E-state index in [0.717, 1.165) is 27.7 Å². The summed E-state index contributed by atoms with van der Waals surface area (Å²) in [4.78, 5) is 0. The zero-order valence-electron chi connectivity index (χ0n) is 30.8. The average molecular weight is 843 g/mol. The molecule has 0 aliphatic heterocycles. The minimum Gasteiger partial charge on any atom is -0.255 e. The van der Waals surface area contributed by atoms with Gasteiger partial charge in [-0.15, -0.1) is 0 Å². The Morgan fingerprint density at radius 3 is 1.04 bits per heavy atom. The van der Waals surface area contributed by atoms with Gasteiger partial charge in [0.1, 0.15) is 12.1 Å². The van der Waals surface area contributed by atoms with E-state index in [4.69, 9.17) is 0 Å². The quantitative estimate of drug-likeness (QED) is 0.199. The Kier molecular flexibility index (Phi) is 15.6. The number of hydrogen-bond acceptors (Lipinski definition) is 1. The number of ether oxygens (including phenoxy) is 1. The van der Waals surface area contributed by atoms with Crippen LogP contribution in [0.3, 0.4) is 0 Å². The maximum Gasteiger partial charge on any atom is 0.393 e. The second kappa shape index (κ2) is 15.4. The molecule has 5 unspecified atom stereocenters. The van der Waals surface area contributed by atoms with Crippen molar-refractivity contribution in [3.8, 4) is 0 Å². The molecule has 0 radical (unpaired) electrons. The summed E-state index contributed by atoms with van der Waals surface area (Å²) in [5, 5.41) is 0. The van der Waals surface area contributed by atoms with Gasteiger partial charge in [0, 0.05) is 12.3 Å². The van der Waals surface area contributed by atoms with E-state index in [1.165, 1.54) is 0 Å². The maximum absolute atomic E-state index is 14.7.